The minimum absolute atomic E-state index is 0.00250. The van der Waals surface area contributed by atoms with E-state index >= 15 is 0 Å². The zero-order chi connectivity index (χ0) is 15.4. The Morgan fingerprint density at radius 2 is 1.43 bits per heavy atom. The van der Waals surface area contributed by atoms with Crippen LogP contribution >= 0.6 is 10.0 Å². The van der Waals surface area contributed by atoms with E-state index in [1.807, 2.05) is 37.7 Å². The summed E-state index contributed by atoms with van der Waals surface area (Å²) >= 11 is -0.763. The Morgan fingerprint density at radius 3 is 2.10 bits per heavy atom. The van der Waals surface area contributed by atoms with E-state index in [9.17, 15) is 0 Å². The maximum atomic E-state index is 6.15. The van der Waals surface area contributed by atoms with Crippen LogP contribution in [0, 0.1) is 0 Å². The number of fused-ring (bicyclic) bond motifs is 3. The Balaban J connectivity index is 1.78. The molecule has 0 aliphatic carbocycles. The van der Waals surface area contributed by atoms with Crippen molar-refractivity contribution >= 4 is 23.5 Å². The minimum atomic E-state index is -0.763. The average molecular weight is 380 g/mol. The molecule has 7 heteroatoms. The van der Waals surface area contributed by atoms with Gasteiger partial charge in [-0.15, -0.1) is 0 Å². The second-order valence-corrected chi connectivity index (χ2v) is 16.2. The quantitative estimate of drug-likeness (QED) is 0.701. The number of hydrogen-bond donors (Lipinski definition) is 0. The van der Waals surface area contributed by atoms with Crippen LogP contribution in [0.1, 0.15) is 27.7 Å². The molecule has 3 fully saturated rings. The summed E-state index contributed by atoms with van der Waals surface area (Å²) in [4.78, 5) is 0. The molecule has 122 valence electrons. The fourth-order valence-electron chi connectivity index (χ4n) is 3.05. The molecule has 3 rings (SSSR count). The van der Waals surface area contributed by atoms with Crippen LogP contribution in [0.5, 0.6) is 0 Å². The van der Waals surface area contributed by atoms with Gasteiger partial charge in [-0.25, -0.2) is 0 Å². The fraction of sp³-hybridized carbons (Fsp3) is 1.00. The summed E-state index contributed by atoms with van der Waals surface area (Å²) in [6.45, 7) is 7.72. The van der Waals surface area contributed by atoms with Crippen LogP contribution < -0.4 is 0 Å². The fourth-order valence-corrected chi connectivity index (χ4v) is 6.56. The molecule has 0 bridgehead atoms. The summed E-state index contributed by atoms with van der Waals surface area (Å²) < 4.78 is 30.2. The van der Waals surface area contributed by atoms with E-state index in [4.69, 9.17) is 23.7 Å². The van der Waals surface area contributed by atoms with Crippen molar-refractivity contribution in [3.8, 4) is 0 Å². The zero-order valence-corrected chi connectivity index (χ0v) is 16.2. The van der Waals surface area contributed by atoms with Crippen molar-refractivity contribution in [1.29, 1.82) is 0 Å². The molecular weight excluding hydrogens is 355 g/mol. The molecule has 3 aliphatic heterocycles. The summed E-state index contributed by atoms with van der Waals surface area (Å²) in [6, 6.07) is 0. The van der Waals surface area contributed by atoms with E-state index in [1.54, 1.807) is 0 Å². The van der Waals surface area contributed by atoms with Gasteiger partial charge in [0.1, 0.15) is 0 Å². The standard InChI is InChI=1S/C14H25AsO5S/c1-13(2)17-9-8(7-21-15(5)6)16-12-11(10(9)18-13)19-14(3,4)20-12/h8-12H,7H2,1-6H3. The van der Waals surface area contributed by atoms with Crippen molar-refractivity contribution in [3.63, 3.8) is 0 Å². The van der Waals surface area contributed by atoms with Crippen molar-refractivity contribution < 1.29 is 23.7 Å². The van der Waals surface area contributed by atoms with Gasteiger partial charge < -0.3 is 0 Å². The first kappa shape index (κ1) is 16.6. The molecule has 5 atom stereocenters. The molecular formula is C14H25AsO5S. The van der Waals surface area contributed by atoms with Crippen LogP contribution in [0.2, 0.25) is 11.4 Å². The van der Waals surface area contributed by atoms with Gasteiger partial charge in [-0.3, -0.25) is 0 Å². The van der Waals surface area contributed by atoms with Crippen molar-refractivity contribution in [3.05, 3.63) is 0 Å². The van der Waals surface area contributed by atoms with Crippen molar-refractivity contribution in [2.75, 3.05) is 5.75 Å². The SMILES string of the molecule is C[As](C)SCC1OC2OC(C)(C)OC2C2OC(C)(C)OC12. The zero-order valence-electron chi connectivity index (χ0n) is 13.5. The molecule has 0 aromatic rings. The molecule has 0 amide bonds. The molecule has 0 radical (unpaired) electrons. The van der Waals surface area contributed by atoms with Crippen LogP contribution in [0.3, 0.4) is 0 Å². The summed E-state index contributed by atoms with van der Waals surface area (Å²) in [5.41, 5.74) is 4.66. The van der Waals surface area contributed by atoms with Crippen molar-refractivity contribution in [1.82, 2.24) is 0 Å². The van der Waals surface area contributed by atoms with E-state index < -0.39 is 25.1 Å². The molecule has 21 heavy (non-hydrogen) atoms. The molecule has 0 aromatic carbocycles. The third-order valence-electron chi connectivity index (χ3n) is 3.75. The predicted molar refractivity (Wildman–Crippen MR) is 82.5 cm³/mol. The van der Waals surface area contributed by atoms with Crippen LogP contribution in [-0.4, -0.2) is 61.5 Å². The van der Waals surface area contributed by atoms with E-state index in [0.717, 1.165) is 5.75 Å². The van der Waals surface area contributed by atoms with Gasteiger partial charge in [0.15, 0.2) is 0 Å². The summed E-state index contributed by atoms with van der Waals surface area (Å²) in [7, 11) is 2.01. The van der Waals surface area contributed by atoms with Gasteiger partial charge in [-0.2, -0.15) is 0 Å². The molecule has 3 heterocycles. The maximum absolute atomic E-state index is 6.15. The first-order valence-corrected chi connectivity index (χ1v) is 14.3. The van der Waals surface area contributed by atoms with Crippen molar-refractivity contribution in [2.24, 2.45) is 0 Å². The Hall–Kier alpha value is 0.708. The first-order valence-electron chi connectivity index (χ1n) is 7.34. The van der Waals surface area contributed by atoms with Crippen LogP contribution in [-0.2, 0) is 23.7 Å². The van der Waals surface area contributed by atoms with E-state index in [2.05, 4.69) is 11.4 Å². The Bertz CT molecular complexity index is 403. The number of hydrogen-bond acceptors (Lipinski definition) is 6. The predicted octanol–water partition coefficient (Wildman–Crippen LogP) is 2.37. The number of ether oxygens (including phenoxy) is 5. The molecule has 3 aliphatic rings. The van der Waals surface area contributed by atoms with E-state index in [1.165, 1.54) is 0 Å². The average Bonchev–Trinajstić information content (AvgIpc) is 2.80. The first-order chi connectivity index (χ1) is 9.67. The summed E-state index contributed by atoms with van der Waals surface area (Å²) in [5.74, 6) is -0.297. The van der Waals surface area contributed by atoms with E-state index in [0.29, 0.717) is 0 Å². The molecule has 5 nitrogen and oxygen atoms in total. The van der Waals surface area contributed by atoms with Crippen molar-refractivity contribution in [2.45, 2.75) is 81.4 Å². The molecule has 0 N–H and O–H groups in total. The van der Waals surface area contributed by atoms with Crippen LogP contribution in [0.25, 0.3) is 0 Å². The Kier molecular flexibility index (Phi) is 4.46. The Labute approximate surface area is 134 Å². The second-order valence-electron chi connectivity index (χ2n) is 6.82. The third-order valence-corrected chi connectivity index (χ3v) is 8.93. The number of rotatable bonds is 3. The van der Waals surface area contributed by atoms with Crippen LogP contribution in [0.4, 0.5) is 0 Å². The van der Waals surface area contributed by atoms with Gasteiger partial charge in [-0.05, 0) is 0 Å². The summed E-state index contributed by atoms with van der Waals surface area (Å²) in [5, 5.41) is 0. The van der Waals surface area contributed by atoms with Crippen LogP contribution in [0.15, 0.2) is 0 Å². The normalized spacial score (nSPS) is 43.9. The van der Waals surface area contributed by atoms with Gasteiger partial charge >= 0.3 is 134 Å². The molecule has 0 saturated carbocycles. The molecule has 5 unspecified atom stereocenters. The Morgan fingerprint density at radius 1 is 0.857 bits per heavy atom. The molecule has 0 spiro atoms. The van der Waals surface area contributed by atoms with Gasteiger partial charge in [0.05, 0.1) is 0 Å². The topological polar surface area (TPSA) is 46.2 Å². The molecule has 3 saturated heterocycles. The van der Waals surface area contributed by atoms with Gasteiger partial charge in [-0.1, -0.05) is 0 Å². The summed E-state index contributed by atoms with van der Waals surface area (Å²) in [6.07, 6.45) is -0.790. The van der Waals surface area contributed by atoms with E-state index in [-0.39, 0.29) is 30.7 Å². The monoisotopic (exact) mass is 380 g/mol. The van der Waals surface area contributed by atoms with Gasteiger partial charge in [0.25, 0.3) is 0 Å². The molecule has 0 aromatic heterocycles. The third kappa shape index (κ3) is 3.47. The second kappa shape index (κ2) is 5.66. The van der Waals surface area contributed by atoms with Gasteiger partial charge in [0, 0.05) is 0 Å². The van der Waals surface area contributed by atoms with Gasteiger partial charge in [0.2, 0.25) is 0 Å².